The Morgan fingerprint density at radius 3 is 2.46 bits per heavy atom. The first kappa shape index (κ1) is 11.0. The SMILES string of the molecule is [Ti][O]CCCCCc1ccccc1. The van der Waals surface area contributed by atoms with Gasteiger partial charge in [-0.1, -0.05) is 0 Å². The van der Waals surface area contributed by atoms with Crippen molar-refractivity contribution in [1.82, 2.24) is 0 Å². The summed E-state index contributed by atoms with van der Waals surface area (Å²) >= 11 is 1.76. The van der Waals surface area contributed by atoms with Crippen LogP contribution in [0.3, 0.4) is 0 Å². The van der Waals surface area contributed by atoms with Crippen molar-refractivity contribution >= 4 is 0 Å². The number of rotatable bonds is 6. The Kier molecular flexibility index (Phi) is 6.17. The molecule has 1 rings (SSSR count). The molecule has 0 aliphatic rings. The van der Waals surface area contributed by atoms with Crippen LogP contribution < -0.4 is 0 Å². The van der Waals surface area contributed by atoms with Crippen LogP contribution in [-0.4, -0.2) is 6.61 Å². The number of hydrogen-bond acceptors (Lipinski definition) is 1. The van der Waals surface area contributed by atoms with Gasteiger partial charge in [-0.05, 0) is 0 Å². The van der Waals surface area contributed by atoms with Crippen molar-refractivity contribution in [2.75, 3.05) is 6.61 Å². The molecule has 0 spiro atoms. The average Bonchev–Trinajstić information content (AvgIpc) is 2.19. The van der Waals surface area contributed by atoms with E-state index >= 15 is 0 Å². The fourth-order valence-corrected chi connectivity index (χ4v) is 1.55. The minimum atomic E-state index is 0.898. The number of unbranched alkanes of at least 4 members (excludes halogenated alkanes) is 2. The molecule has 13 heavy (non-hydrogen) atoms. The van der Waals surface area contributed by atoms with Crippen LogP contribution in [0.2, 0.25) is 0 Å². The zero-order chi connectivity index (χ0) is 9.36. The molecule has 2 heteroatoms. The molecular weight excluding hydrogens is 196 g/mol. The molecule has 1 nitrogen and oxygen atoms in total. The molecule has 0 unspecified atom stereocenters. The third-order valence-corrected chi connectivity index (χ3v) is 2.37. The van der Waals surface area contributed by atoms with Gasteiger partial charge in [0.2, 0.25) is 0 Å². The summed E-state index contributed by atoms with van der Waals surface area (Å²) in [6, 6.07) is 10.6. The number of hydrogen-bond donors (Lipinski definition) is 0. The monoisotopic (exact) mass is 211 g/mol. The summed E-state index contributed by atoms with van der Waals surface area (Å²) in [5, 5.41) is 0. The Morgan fingerprint density at radius 1 is 1.00 bits per heavy atom. The van der Waals surface area contributed by atoms with Crippen molar-refractivity contribution in [1.29, 1.82) is 0 Å². The van der Waals surface area contributed by atoms with E-state index in [1.807, 2.05) is 0 Å². The fourth-order valence-electron chi connectivity index (χ4n) is 1.32. The summed E-state index contributed by atoms with van der Waals surface area (Å²) in [5.74, 6) is 0. The van der Waals surface area contributed by atoms with Gasteiger partial charge < -0.3 is 0 Å². The molecule has 0 fully saturated rings. The first-order valence-corrected chi connectivity index (χ1v) is 5.39. The maximum atomic E-state index is 4.99. The van der Waals surface area contributed by atoms with E-state index in [-0.39, 0.29) is 0 Å². The minimum absolute atomic E-state index is 0.898. The topological polar surface area (TPSA) is 9.23 Å². The second-order valence-electron chi connectivity index (χ2n) is 3.14. The van der Waals surface area contributed by atoms with Crippen LogP contribution in [0.5, 0.6) is 0 Å². The van der Waals surface area contributed by atoms with Gasteiger partial charge in [-0.15, -0.1) is 0 Å². The molecule has 0 saturated carbocycles. The molecule has 0 radical (unpaired) electrons. The van der Waals surface area contributed by atoms with Gasteiger partial charge in [0.25, 0.3) is 0 Å². The van der Waals surface area contributed by atoms with E-state index in [1.165, 1.54) is 31.2 Å². The second-order valence-corrected chi connectivity index (χ2v) is 3.60. The van der Waals surface area contributed by atoms with Crippen molar-refractivity contribution < 1.29 is 24.1 Å². The molecule has 0 aliphatic carbocycles. The van der Waals surface area contributed by atoms with Gasteiger partial charge in [0, 0.05) is 0 Å². The Balaban J connectivity index is 2.07. The van der Waals surface area contributed by atoms with Crippen LogP contribution in [0.15, 0.2) is 30.3 Å². The Hall–Kier alpha value is -0.106. The second kappa shape index (κ2) is 7.31. The van der Waals surface area contributed by atoms with Crippen LogP contribution >= 0.6 is 0 Å². The van der Waals surface area contributed by atoms with Crippen LogP contribution in [-0.2, 0) is 30.6 Å². The van der Waals surface area contributed by atoms with Gasteiger partial charge in [0.15, 0.2) is 0 Å². The average molecular weight is 211 g/mol. The van der Waals surface area contributed by atoms with Gasteiger partial charge in [0.1, 0.15) is 0 Å². The molecule has 0 amide bonds. The van der Waals surface area contributed by atoms with Gasteiger partial charge in [0.05, 0.1) is 0 Å². The summed E-state index contributed by atoms with van der Waals surface area (Å²) in [6.07, 6.45) is 4.92. The fraction of sp³-hybridized carbons (Fsp3) is 0.455. The van der Waals surface area contributed by atoms with Crippen LogP contribution in [0.1, 0.15) is 24.8 Å². The molecule has 0 saturated heterocycles. The van der Waals surface area contributed by atoms with Gasteiger partial charge >= 0.3 is 92.3 Å². The Bertz CT molecular complexity index is 211. The first-order valence-electron chi connectivity index (χ1n) is 4.76. The summed E-state index contributed by atoms with van der Waals surface area (Å²) in [7, 11) is 0. The normalized spacial score (nSPS) is 10.1. The zero-order valence-electron chi connectivity index (χ0n) is 7.83. The van der Waals surface area contributed by atoms with Crippen molar-refractivity contribution in [3.63, 3.8) is 0 Å². The van der Waals surface area contributed by atoms with Crippen LogP contribution in [0, 0.1) is 0 Å². The van der Waals surface area contributed by atoms with Crippen molar-refractivity contribution in [3.05, 3.63) is 35.9 Å². The van der Waals surface area contributed by atoms with Gasteiger partial charge in [-0.2, -0.15) is 0 Å². The van der Waals surface area contributed by atoms with Crippen molar-refractivity contribution in [3.8, 4) is 0 Å². The molecule has 0 aliphatic heterocycles. The van der Waals surface area contributed by atoms with Crippen LogP contribution in [0.25, 0.3) is 0 Å². The van der Waals surface area contributed by atoms with Crippen molar-refractivity contribution in [2.24, 2.45) is 0 Å². The molecule has 0 heterocycles. The predicted octanol–water partition coefficient (Wildman–Crippen LogP) is 2.88. The first-order chi connectivity index (χ1) is 6.43. The molecule has 0 N–H and O–H groups in total. The molecule has 1 aromatic carbocycles. The molecular formula is C11H15OTi. The molecule has 0 aromatic heterocycles. The molecule has 0 bridgehead atoms. The summed E-state index contributed by atoms with van der Waals surface area (Å²) < 4.78 is 4.99. The van der Waals surface area contributed by atoms with Gasteiger partial charge in [-0.3, -0.25) is 0 Å². The van der Waals surface area contributed by atoms with E-state index in [9.17, 15) is 0 Å². The van der Waals surface area contributed by atoms with E-state index in [0.717, 1.165) is 6.61 Å². The van der Waals surface area contributed by atoms with Gasteiger partial charge in [-0.25, -0.2) is 0 Å². The van der Waals surface area contributed by atoms with E-state index in [0.29, 0.717) is 0 Å². The summed E-state index contributed by atoms with van der Waals surface area (Å²) in [6.45, 7) is 0.898. The third kappa shape index (κ3) is 5.25. The zero-order valence-corrected chi connectivity index (χ0v) is 9.39. The molecule has 1 aromatic rings. The predicted molar refractivity (Wildman–Crippen MR) is 49.9 cm³/mol. The summed E-state index contributed by atoms with van der Waals surface area (Å²) in [5.41, 5.74) is 1.44. The quantitative estimate of drug-likeness (QED) is 0.519. The van der Waals surface area contributed by atoms with E-state index < -0.39 is 0 Å². The number of benzene rings is 1. The number of aryl methyl sites for hydroxylation is 1. The third-order valence-electron chi connectivity index (χ3n) is 2.05. The molecule has 0 atom stereocenters. The Labute approximate surface area is 92.4 Å². The summed E-state index contributed by atoms with van der Waals surface area (Å²) in [4.78, 5) is 0. The molecule has 69 valence electrons. The van der Waals surface area contributed by atoms with E-state index in [1.54, 1.807) is 20.8 Å². The van der Waals surface area contributed by atoms with E-state index in [2.05, 4.69) is 30.3 Å². The maximum absolute atomic E-state index is 4.99. The Morgan fingerprint density at radius 2 is 1.77 bits per heavy atom. The van der Waals surface area contributed by atoms with Crippen molar-refractivity contribution in [2.45, 2.75) is 25.7 Å². The van der Waals surface area contributed by atoms with Crippen LogP contribution in [0.4, 0.5) is 0 Å². The standard InChI is InChI=1S/C11H15O.Ti/c12-10-6-2-5-9-11-7-3-1-4-8-11;/h1,3-4,7-8H,2,5-6,9-10H2;/q-1;+1. The van der Waals surface area contributed by atoms with E-state index in [4.69, 9.17) is 3.32 Å².